The van der Waals surface area contributed by atoms with Gasteiger partial charge in [0, 0.05) is 5.75 Å². The molecular weight excluding hydrogens is 326 g/mol. The highest BCUT2D eigenvalue weighted by Crippen LogP contribution is 2.25. The first-order chi connectivity index (χ1) is 10.5. The zero-order chi connectivity index (χ0) is 16.0. The van der Waals surface area contributed by atoms with Crippen molar-refractivity contribution >= 4 is 27.7 Å². The number of thioether (sulfide) groups is 1. The van der Waals surface area contributed by atoms with E-state index in [-0.39, 0.29) is 12.4 Å². The third-order valence-electron chi connectivity index (χ3n) is 2.79. The SMILES string of the molecule is CC1=C(C(=O)NS(=O)(=O)CCOc2ccccc2)SCCO1. The van der Waals surface area contributed by atoms with Crippen molar-refractivity contribution in [2.75, 3.05) is 24.7 Å². The highest BCUT2D eigenvalue weighted by Gasteiger charge is 2.23. The van der Waals surface area contributed by atoms with Gasteiger partial charge in [0.25, 0.3) is 5.91 Å². The normalized spacial score (nSPS) is 15.1. The number of hydrogen-bond donors (Lipinski definition) is 1. The second kappa shape index (κ2) is 7.55. The molecule has 0 unspecified atom stereocenters. The molecule has 0 saturated heterocycles. The van der Waals surface area contributed by atoms with Gasteiger partial charge in [-0.1, -0.05) is 18.2 Å². The molecule has 0 aromatic heterocycles. The molecule has 0 bridgehead atoms. The average Bonchev–Trinajstić information content (AvgIpc) is 2.48. The van der Waals surface area contributed by atoms with Crippen LogP contribution in [0.3, 0.4) is 0 Å². The second-order valence-electron chi connectivity index (χ2n) is 4.49. The van der Waals surface area contributed by atoms with Crippen molar-refractivity contribution in [3.63, 3.8) is 0 Å². The number of carbonyl (C=O) groups excluding carboxylic acids is 1. The second-order valence-corrected chi connectivity index (χ2v) is 7.44. The summed E-state index contributed by atoms with van der Waals surface area (Å²) in [5.74, 6) is 0.702. The number of para-hydroxylation sites is 1. The fourth-order valence-electron chi connectivity index (χ4n) is 1.76. The summed E-state index contributed by atoms with van der Waals surface area (Å²) in [6.07, 6.45) is 0. The van der Waals surface area contributed by atoms with Crippen LogP contribution in [0.5, 0.6) is 5.75 Å². The van der Waals surface area contributed by atoms with E-state index < -0.39 is 15.9 Å². The Morgan fingerprint density at radius 3 is 2.77 bits per heavy atom. The first kappa shape index (κ1) is 16.7. The number of sulfonamides is 1. The van der Waals surface area contributed by atoms with Gasteiger partial charge < -0.3 is 9.47 Å². The summed E-state index contributed by atoms with van der Waals surface area (Å²) in [6.45, 7) is 2.13. The molecule has 1 amide bonds. The number of rotatable bonds is 6. The number of ether oxygens (including phenoxy) is 2. The van der Waals surface area contributed by atoms with Crippen molar-refractivity contribution in [1.82, 2.24) is 4.72 Å². The predicted molar refractivity (Wildman–Crippen MR) is 85.0 cm³/mol. The number of amides is 1. The maximum Gasteiger partial charge on any atom is 0.274 e. The van der Waals surface area contributed by atoms with Gasteiger partial charge in [-0.25, -0.2) is 13.1 Å². The third kappa shape index (κ3) is 4.96. The highest BCUT2D eigenvalue weighted by atomic mass is 32.2. The van der Waals surface area contributed by atoms with Crippen LogP contribution in [-0.4, -0.2) is 39.0 Å². The Labute approximate surface area is 133 Å². The van der Waals surface area contributed by atoms with Gasteiger partial charge in [0.2, 0.25) is 10.0 Å². The monoisotopic (exact) mass is 343 g/mol. The van der Waals surface area contributed by atoms with E-state index in [1.807, 2.05) is 10.8 Å². The number of hydrogen-bond acceptors (Lipinski definition) is 6. The van der Waals surface area contributed by atoms with Crippen molar-refractivity contribution in [1.29, 1.82) is 0 Å². The molecule has 0 saturated carbocycles. The lowest BCUT2D eigenvalue weighted by Crippen LogP contribution is -2.35. The molecule has 1 aromatic carbocycles. The lowest BCUT2D eigenvalue weighted by atomic mass is 10.3. The van der Waals surface area contributed by atoms with E-state index >= 15 is 0 Å². The van der Waals surface area contributed by atoms with Crippen molar-refractivity contribution in [2.45, 2.75) is 6.92 Å². The zero-order valence-electron chi connectivity index (χ0n) is 12.1. The molecule has 1 heterocycles. The third-order valence-corrected chi connectivity index (χ3v) is 5.12. The number of carbonyl (C=O) groups is 1. The van der Waals surface area contributed by atoms with E-state index in [2.05, 4.69) is 0 Å². The summed E-state index contributed by atoms with van der Waals surface area (Å²) in [5.41, 5.74) is 0. The molecule has 0 aliphatic carbocycles. The summed E-state index contributed by atoms with van der Waals surface area (Å²) in [4.78, 5) is 12.3. The molecule has 1 N–H and O–H groups in total. The maximum absolute atomic E-state index is 12.0. The molecular formula is C14H17NO5S2. The van der Waals surface area contributed by atoms with E-state index in [1.165, 1.54) is 11.8 Å². The van der Waals surface area contributed by atoms with Crippen LogP contribution in [0.2, 0.25) is 0 Å². The number of nitrogens with one attached hydrogen (secondary N) is 1. The van der Waals surface area contributed by atoms with Crippen LogP contribution in [0.4, 0.5) is 0 Å². The Balaban J connectivity index is 1.87. The lowest BCUT2D eigenvalue weighted by Gasteiger charge is -2.17. The minimum atomic E-state index is -3.75. The van der Waals surface area contributed by atoms with Gasteiger partial charge in [-0.05, 0) is 19.1 Å². The van der Waals surface area contributed by atoms with E-state index in [0.29, 0.717) is 28.8 Å². The quantitative estimate of drug-likeness (QED) is 0.843. The molecule has 0 atom stereocenters. The lowest BCUT2D eigenvalue weighted by molar-refractivity contribution is -0.115. The van der Waals surface area contributed by atoms with Gasteiger partial charge in [-0.2, -0.15) is 0 Å². The molecule has 0 radical (unpaired) electrons. The van der Waals surface area contributed by atoms with Crippen LogP contribution >= 0.6 is 11.8 Å². The molecule has 1 aliphatic rings. The van der Waals surface area contributed by atoms with Crippen LogP contribution in [-0.2, 0) is 19.6 Å². The molecule has 1 aliphatic heterocycles. The molecule has 2 rings (SSSR count). The van der Waals surface area contributed by atoms with E-state index in [9.17, 15) is 13.2 Å². The van der Waals surface area contributed by atoms with Crippen LogP contribution < -0.4 is 9.46 Å². The Morgan fingerprint density at radius 1 is 1.36 bits per heavy atom. The topological polar surface area (TPSA) is 81.7 Å². The van der Waals surface area contributed by atoms with Crippen LogP contribution in [0.25, 0.3) is 0 Å². The first-order valence-electron chi connectivity index (χ1n) is 6.67. The van der Waals surface area contributed by atoms with E-state index in [0.717, 1.165) is 0 Å². The average molecular weight is 343 g/mol. The minimum Gasteiger partial charge on any atom is -0.496 e. The molecule has 1 aromatic rings. The summed E-state index contributed by atoms with van der Waals surface area (Å²) in [5, 5.41) is 0. The number of allylic oxidation sites excluding steroid dienone is 1. The van der Waals surface area contributed by atoms with Crippen LogP contribution in [0.15, 0.2) is 41.0 Å². The molecule has 8 heteroatoms. The molecule has 0 spiro atoms. The Bertz CT molecular complexity index is 655. The maximum atomic E-state index is 12.0. The number of benzene rings is 1. The van der Waals surface area contributed by atoms with Gasteiger partial charge in [-0.3, -0.25) is 4.79 Å². The van der Waals surface area contributed by atoms with E-state index in [4.69, 9.17) is 9.47 Å². The van der Waals surface area contributed by atoms with Gasteiger partial charge in [-0.15, -0.1) is 11.8 Å². The summed E-state index contributed by atoms with van der Waals surface area (Å²) < 4.78 is 36.4. The van der Waals surface area contributed by atoms with Crippen molar-refractivity contribution in [3.8, 4) is 5.75 Å². The van der Waals surface area contributed by atoms with Crippen molar-refractivity contribution in [2.24, 2.45) is 0 Å². The zero-order valence-corrected chi connectivity index (χ0v) is 13.7. The first-order valence-corrected chi connectivity index (χ1v) is 9.31. The van der Waals surface area contributed by atoms with Crippen LogP contribution in [0, 0.1) is 0 Å². The Morgan fingerprint density at radius 2 is 2.09 bits per heavy atom. The largest absolute Gasteiger partial charge is 0.496 e. The van der Waals surface area contributed by atoms with Crippen LogP contribution in [0.1, 0.15) is 6.92 Å². The summed E-state index contributed by atoms with van der Waals surface area (Å²) >= 11 is 1.29. The van der Waals surface area contributed by atoms with Gasteiger partial charge >= 0.3 is 0 Å². The fourth-order valence-corrected chi connectivity index (χ4v) is 3.42. The minimum absolute atomic E-state index is 0.0334. The van der Waals surface area contributed by atoms with Gasteiger partial charge in [0.1, 0.15) is 28.8 Å². The summed E-state index contributed by atoms with van der Waals surface area (Å²) in [6, 6.07) is 8.89. The van der Waals surface area contributed by atoms with E-state index in [1.54, 1.807) is 31.2 Å². The van der Waals surface area contributed by atoms with Gasteiger partial charge in [0.15, 0.2) is 0 Å². The fraction of sp³-hybridized carbons (Fsp3) is 0.357. The molecule has 22 heavy (non-hydrogen) atoms. The van der Waals surface area contributed by atoms with Gasteiger partial charge in [0.05, 0.1) is 6.61 Å². The van der Waals surface area contributed by atoms with Crippen molar-refractivity contribution < 1.29 is 22.7 Å². The summed E-state index contributed by atoms with van der Waals surface area (Å²) in [7, 11) is -3.75. The predicted octanol–water partition coefficient (Wildman–Crippen LogP) is 1.51. The molecule has 6 nitrogen and oxygen atoms in total. The molecule has 0 fully saturated rings. The standard InChI is InChI=1S/C14H17NO5S2/c1-11-13(21-9-7-19-11)14(16)15-22(17,18)10-8-20-12-5-3-2-4-6-12/h2-6H,7-10H2,1H3,(H,15,16). The molecule has 120 valence electrons. The Kier molecular flexibility index (Phi) is 5.73. The Hall–Kier alpha value is -1.67. The smallest absolute Gasteiger partial charge is 0.274 e. The highest BCUT2D eigenvalue weighted by molar-refractivity contribution is 8.04. The van der Waals surface area contributed by atoms with Crippen molar-refractivity contribution in [3.05, 3.63) is 41.0 Å².